The molecule has 1 aromatic carbocycles. The Balaban J connectivity index is 1.41. The van der Waals surface area contributed by atoms with E-state index in [-0.39, 0.29) is 30.2 Å². The molecule has 0 spiro atoms. The van der Waals surface area contributed by atoms with E-state index in [1.54, 1.807) is 0 Å². The van der Waals surface area contributed by atoms with Crippen LogP contribution in [0.3, 0.4) is 0 Å². The quantitative estimate of drug-likeness (QED) is 0.347. The van der Waals surface area contributed by atoms with Crippen LogP contribution in [0.2, 0.25) is 0 Å². The van der Waals surface area contributed by atoms with Crippen molar-refractivity contribution in [1.82, 2.24) is 21.3 Å². The Hall–Kier alpha value is -2.20. The molecule has 0 bridgehead atoms. The van der Waals surface area contributed by atoms with Crippen LogP contribution in [-0.2, 0) is 25.6 Å². The van der Waals surface area contributed by atoms with Crippen molar-refractivity contribution in [2.45, 2.75) is 24.5 Å². The maximum absolute atomic E-state index is 12.3. The molecule has 2 aliphatic rings. The molecule has 2 heterocycles. The lowest BCUT2D eigenvalue weighted by atomic mass is 10.0. The summed E-state index contributed by atoms with van der Waals surface area (Å²) in [6.45, 7) is 0.00552. The summed E-state index contributed by atoms with van der Waals surface area (Å²) in [5, 5.41) is 10.7. The number of carbonyl (C=O) groups excluding carboxylic acids is 4. The van der Waals surface area contributed by atoms with Crippen molar-refractivity contribution in [2.75, 3.05) is 18.1 Å². The van der Waals surface area contributed by atoms with Crippen molar-refractivity contribution in [3.8, 4) is 0 Å². The largest absolute Gasteiger partial charge is 0.345 e. The van der Waals surface area contributed by atoms with Crippen LogP contribution in [0.1, 0.15) is 5.56 Å². The molecule has 4 amide bonds. The van der Waals surface area contributed by atoms with Gasteiger partial charge in [-0.15, -0.1) is 0 Å². The van der Waals surface area contributed by atoms with Gasteiger partial charge in [-0.3, -0.25) is 19.2 Å². The summed E-state index contributed by atoms with van der Waals surface area (Å²) in [4.78, 5) is 47.5. The minimum atomic E-state index is -0.614. The van der Waals surface area contributed by atoms with E-state index in [9.17, 15) is 19.2 Å². The maximum Gasteiger partial charge on any atom is 0.244 e. The second-order valence-corrected chi connectivity index (χ2v) is 8.77. The minimum absolute atomic E-state index is 0.00552. The molecule has 3 atom stereocenters. The molecule has 8 nitrogen and oxygen atoms in total. The van der Waals surface area contributed by atoms with Gasteiger partial charge in [0.05, 0.1) is 6.54 Å². The van der Waals surface area contributed by atoms with Gasteiger partial charge in [0.1, 0.15) is 18.1 Å². The number of carbonyl (C=O) groups is 4. The van der Waals surface area contributed by atoms with Gasteiger partial charge in [-0.2, -0.15) is 0 Å². The van der Waals surface area contributed by atoms with E-state index in [0.717, 1.165) is 5.56 Å². The molecule has 10 heteroatoms. The van der Waals surface area contributed by atoms with Crippen LogP contribution in [0.4, 0.5) is 0 Å². The van der Waals surface area contributed by atoms with Crippen molar-refractivity contribution in [1.29, 1.82) is 0 Å². The average Bonchev–Trinajstić information content (AvgIpc) is 2.66. The van der Waals surface area contributed by atoms with Gasteiger partial charge in [-0.25, -0.2) is 0 Å². The summed E-state index contributed by atoms with van der Waals surface area (Å²) >= 11 is 0. The molecule has 0 unspecified atom stereocenters. The van der Waals surface area contributed by atoms with E-state index in [0.29, 0.717) is 17.9 Å². The Labute approximate surface area is 164 Å². The first-order chi connectivity index (χ1) is 13.0. The van der Waals surface area contributed by atoms with Crippen molar-refractivity contribution >= 4 is 45.2 Å². The molecule has 0 aliphatic carbocycles. The first-order valence-corrected chi connectivity index (χ1v) is 11.0. The van der Waals surface area contributed by atoms with Gasteiger partial charge in [0.2, 0.25) is 23.6 Å². The van der Waals surface area contributed by atoms with Crippen LogP contribution in [0.25, 0.3) is 0 Å². The molecule has 4 N–H and O–H groups in total. The van der Waals surface area contributed by atoms with Gasteiger partial charge in [-0.05, 0) is 5.56 Å². The van der Waals surface area contributed by atoms with Crippen LogP contribution in [-0.4, -0.2) is 59.8 Å². The zero-order chi connectivity index (χ0) is 19.2. The summed E-state index contributed by atoms with van der Waals surface area (Å²) in [5.41, 5.74) is 0.981. The lowest BCUT2D eigenvalue weighted by Gasteiger charge is -2.29. The van der Waals surface area contributed by atoms with Gasteiger partial charge in [0.15, 0.2) is 0 Å². The minimum Gasteiger partial charge on any atom is -0.345 e. The van der Waals surface area contributed by atoms with Crippen LogP contribution >= 0.6 is 21.6 Å². The van der Waals surface area contributed by atoms with E-state index in [1.807, 2.05) is 30.3 Å². The third-order valence-corrected chi connectivity index (χ3v) is 6.60. The smallest absolute Gasteiger partial charge is 0.244 e. The van der Waals surface area contributed by atoms with E-state index < -0.39 is 18.1 Å². The number of piperazine rings is 2. The Bertz CT molecular complexity index is 731. The molecular formula is C17H20N4O4S2. The van der Waals surface area contributed by atoms with Crippen LogP contribution in [0, 0.1) is 0 Å². The first-order valence-electron chi connectivity index (χ1n) is 8.49. The highest BCUT2D eigenvalue weighted by molar-refractivity contribution is 8.76. The van der Waals surface area contributed by atoms with Gasteiger partial charge >= 0.3 is 0 Å². The fourth-order valence-corrected chi connectivity index (χ4v) is 5.07. The second kappa shape index (κ2) is 9.14. The Kier molecular flexibility index (Phi) is 6.62. The Morgan fingerprint density at radius 2 is 1.37 bits per heavy atom. The standard InChI is InChI=1S/C17H20N4O4S2/c22-14-7-18-15(23)12(19-14)8-26-27-9-13-17(25)20-11(16(24)21-13)6-10-4-2-1-3-5-10/h1-5,11-13H,6-9H2,(H,18,23)(H,19,22)(H,20,25)(H,21,24)/t11-,12+,13+/m1/s1. The molecule has 0 saturated carbocycles. The van der Waals surface area contributed by atoms with Gasteiger partial charge in [0, 0.05) is 17.9 Å². The van der Waals surface area contributed by atoms with Crippen molar-refractivity contribution in [3.05, 3.63) is 35.9 Å². The van der Waals surface area contributed by atoms with Crippen molar-refractivity contribution in [2.24, 2.45) is 0 Å². The summed E-state index contributed by atoms with van der Waals surface area (Å²) in [6.07, 6.45) is 0.448. The first kappa shape index (κ1) is 19.6. The van der Waals surface area contributed by atoms with Crippen molar-refractivity contribution in [3.63, 3.8) is 0 Å². The Morgan fingerprint density at radius 3 is 2.07 bits per heavy atom. The van der Waals surface area contributed by atoms with E-state index in [1.165, 1.54) is 21.6 Å². The number of amides is 4. The topological polar surface area (TPSA) is 116 Å². The summed E-state index contributed by atoms with van der Waals surface area (Å²) in [5.74, 6) is -0.0759. The zero-order valence-corrected chi connectivity index (χ0v) is 16.0. The molecule has 2 aliphatic heterocycles. The Morgan fingerprint density at radius 1 is 0.778 bits per heavy atom. The van der Waals surface area contributed by atoms with Crippen molar-refractivity contribution < 1.29 is 19.2 Å². The maximum atomic E-state index is 12.3. The molecule has 0 radical (unpaired) electrons. The predicted octanol–water partition coefficient (Wildman–Crippen LogP) is -0.792. The third kappa shape index (κ3) is 5.39. The van der Waals surface area contributed by atoms with Crippen LogP contribution < -0.4 is 21.3 Å². The molecule has 27 heavy (non-hydrogen) atoms. The zero-order valence-electron chi connectivity index (χ0n) is 14.4. The predicted molar refractivity (Wildman–Crippen MR) is 104 cm³/mol. The molecule has 0 aromatic heterocycles. The highest BCUT2D eigenvalue weighted by atomic mass is 33.1. The SMILES string of the molecule is O=C1CNC(=O)[C@H](CSSC[C@@H]2NC(=O)[C@@H](Cc3ccccc3)NC2=O)N1. The number of rotatable bonds is 7. The fourth-order valence-electron chi connectivity index (χ4n) is 2.74. The number of nitrogens with one attached hydrogen (secondary N) is 4. The molecule has 144 valence electrons. The second-order valence-electron chi connectivity index (χ2n) is 6.22. The number of hydrogen-bond donors (Lipinski definition) is 4. The summed E-state index contributed by atoms with van der Waals surface area (Å²) in [6, 6.07) is 7.75. The highest BCUT2D eigenvalue weighted by Crippen LogP contribution is 2.24. The molecule has 1 aromatic rings. The summed E-state index contributed by atoms with van der Waals surface area (Å²) < 4.78 is 0. The van der Waals surface area contributed by atoms with Crippen LogP contribution in [0.5, 0.6) is 0 Å². The van der Waals surface area contributed by atoms with Gasteiger partial charge in [0.25, 0.3) is 0 Å². The fraction of sp³-hybridized carbons (Fsp3) is 0.412. The lowest BCUT2D eigenvalue weighted by Crippen LogP contribution is -2.63. The number of hydrogen-bond acceptors (Lipinski definition) is 6. The third-order valence-electron chi connectivity index (χ3n) is 4.18. The average molecular weight is 409 g/mol. The molecule has 3 rings (SSSR count). The van der Waals surface area contributed by atoms with E-state index >= 15 is 0 Å². The molecule has 2 fully saturated rings. The lowest BCUT2D eigenvalue weighted by molar-refractivity contribution is -0.136. The summed E-state index contributed by atoms with van der Waals surface area (Å²) in [7, 11) is 2.75. The molecule has 2 saturated heterocycles. The van der Waals surface area contributed by atoms with E-state index in [2.05, 4.69) is 21.3 Å². The monoisotopic (exact) mass is 408 g/mol. The van der Waals surface area contributed by atoms with Gasteiger partial charge < -0.3 is 21.3 Å². The highest BCUT2D eigenvalue weighted by Gasteiger charge is 2.33. The number of benzene rings is 1. The van der Waals surface area contributed by atoms with Crippen LogP contribution in [0.15, 0.2) is 30.3 Å². The normalized spacial score (nSPS) is 25.3. The molecular weight excluding hydrogens is 388 g/mol. The van der Waals surface area contributed by atoms with E-state index in [4.69, 9.17) is 0 Å². The van der Waals surface area contributed by atoms with Gasteiger partial charge in [-0.1, -0.05) is 51.9 Å².